The average Bonchev–Trinajstić information content (AvgIpc) is 3.08. The standard InChI is InChI=1S/C22H17F2N3O2/c23-15-6-13(7-16(24)9-15)12-29-18-4-5-20-19(10-18)21(27-26-20)11-22(28)14-2-1-3-17(25)8-14/h1-10H,11-12,25H2,(H,26,27). The van der Waals surface area contributed by atoms with E-state index in [-0.39, 0.29) is 18.8 Å². The number of anilines is 1. The van der Waals surface area contributed by atoms with E-state index in [2.05, 4.69) is 10.2 Å². The summed E-state index contributed by atoms with van der Waals surface area (Å²) < 4.78 is 32.3. The number of H-pyrrole nitrogens is 1. The minimum absolute atomic E-state index is 0.00952. The lowest BCUT2D eigenvalue weighted by Crippen LogP contribution is -2.05. The number of nitrogens with one attached hydrogen (secondary N) is 1. The van der Waals surface area contributed by atoms with Gasteiger partial charge in [0.15, 0.2) is 5.78 Å². The first-order chi connectivity index (χ1) is 14.0. The van der Waals surface area contributed by atoms with Crippen molar-refractivity contribution in [1.29, 1.82) is 0 Å². The fourth-order valence-electron chi connectivity index (χ4n) is 3.10. The van der Waals surface area contributed by atoms with Gasteiger partial charge in [0.2, 0.25) is 0 Å². The third kappa shape index (κ3) is 4.24. The first-order valence-corrected chi connectivity index (χ1v) is 8.91. The summed E-state index contributed by atoms with van der Waals surface area (Å²) in [5, 5.41) is 7.84. The van der Waals surface area contributed by atoms with Gasteiger partial charge < -0.3 is 10.5 Å². The Labute approximate surface area is 165 Å². The highest BCUT2D eigenvalue weighted by Crippen LogP contribution is 2.24. The van der Waals surface area contributed by atoms with Crippen LogP contribution in [-0.4, -0.2) is 16.0 Å². The van der Waals surface area contributed by atoms with Gasteiger partial charge in [0, 0.05) is 22.7 Å². The van der Waals surface area contributed by atoms with Gasteiger partial charge in [-0.2, -0.15) is 5.10 Å². The summed E-state index contributed by atoms with van der Waals surface area (Å²) in [6.45, 7) is 0.00952. The summed E-state index contributed by atoms with van der Waals surface area (Å²) in [6.07, 6.45) is 0.124. The SMILES string of the molecule is Nc1cccc(C(=O)Cc2[nH]nc3ccc(OCc4cc(F)cc(F)c4)cc23)c1. The topological polar surface area (TPSA) is 81.0 Å². The Balaban J connectivity index is 1.53. The van der Waals surface area contributed by atoms with Crippen molar-refractivity contribution in [2.24, 2.45) is 0 Å². The molecule has 0 spiro atoms. The molecule has 0 saturated heterocycles. The molecule has 3 aromatic carbocycles. The quantitative estimate of drug-likeness (QED) is 0.375. The van der Waals surface area contributed by atoms with E-state index in [0.29, 0.717) is 33.8 Å². The van der Waals surface area contributed by atoms with Crippen molar-refractivity contribution in [3.05, 3.63) is 89.1 Å². The van der Waals surface area contributed by atoms with Crippen LogP contribution in [0.2, 0.25) is 0 Å². The van der Waals surface area contributed by atoms with Gasteiger partial charge in [0.25, 0.3) is 0 Å². The third-order valence-electron chi connectivity index (χ3n) is 4.48. The summed E-state index contributed by atoms with van der Waals surface area (Å²) in [4.78, 5) is 12.6. The van der Waals surface area contributed by atoms with Crippen LogP contribution < -0.4 is 10.5 Å². The highest BCUT2D eigenvalue weighted by Gasteiger charge is 2.13. The fraction of sp³-hybridized carbons (Fsp3) is 0.0909. The molecule has 0 atom stereocenters. The molecule has 3 N–H and O–H groups in total. The smallest absolute Gasteiger partial charge is 0.168 e. The Bertz CT molecular complexity index is 1180. The van der Waals surface area contributed by atoms with Crippen molar-refractivity contribution in [2.45, 2.75) is 13.0 Å². The van der Waals surface area contributed by atoms with Gasteiger partial charge in [0.1, 0.15) is 24.0 Å². The number of ketones is 1. The highest BCUT2D eigenvalue weighted by atomic mass is 19.1. The summed E-state index contributed by atoms with van der Waals surface area (Å²) >= 11 is 0. The summed E-state index contributed by atoms with van der Waals surface area (Å²) in [6, 6.07) is 15.2. The van der Waals surface area contributed by atoms with Crippen molar-refractivity contribution in [2.75, 3.05) is 5.73 Å². The molecule has 0 aliphatic carbocycles. The number of carbonyl (C=O) groups excluding carboxylic acids is 1. The Morgan fingerprint density at radius 2 is 1.83 bits per heavy atom. The number of nitrogens with two attached hydrogens (primary N) is 1. The maximum Gasteiger partial charge on any atom is 0.168 e. The number of hydrogen-bond acceptors (Lipinski definition) is 4. The number of Topliss-reactive ketones (excluding diaryl/α,β-unsaturated/α-hetero) is 1. The van der Waals surface area contributed by atoms with E-state index in [1.807, 2.05) is 0 Å². The summed E-state index contributed by atoms with van der Waals surface area (Å²) in [5.74, 6) is -0.905. The lowest BCUT2D eigenvalue weighted by molar-refractivity contribution is 0.0992. The fourth-order valence-corrected chi connectivity index (χ4v) is 3.10. The molecule has 7 heteroatoms. The summed E-state index contributed by atoms with van der Waals surface area (Å²) in [5.41, 5.74) is 8.50. The second-order valence-electron chi connectivity index (χ2n) is 6.67. The van der Waals surface area contributed by atoms with Crippen molar-refractivity contribution in [1.82, 2.24) is 10.2 Å². The normalized spacial score (nSPS) is 11.0. The van der Waals surface area contributed by atoms with E-state index >= 15 is 0 Å². The van der Waals surface area contributed by atoms with Crippen LogP contribution in [0.5, 0.6) is 5.75 Å². The number of nitrogens with zero attached hydrogens (tertiary/aromatic N) is 1. The maximum absolute atomic E-state index is 13.3. The molecule has 0 aliphatic heterocycles. The minimum atomic E-state index is -0.656. The number of ether oxygens (including phenoxy) is 1. The second-order valence-corrected chi connectivity index (χ2v) is 6.67. The lowest BCUT2D eigenvalue weighted by atomic mass is 10.0. The number of hydrogen-bond donors (Lipinski definition) is 2. The summed E-state index contributed by atoms with van der Waals surface area (Å²) in [7, 11) is 0. The van der Waals surface area contributed by atoms with Crippen LogP contribution in [-0.2, 0) is 13.0 Å². The van der Waals surface area contributed by atoms with Crippen molar-refractivity contribution >= 4 is 22.4 Å². The van der Waals surface area contributed by atoms with Gasteiger partial charge in [0.05, 0.1) is 17.6 Å². The zero-order valence-electron chi connectivity index (χ0n) is 15.3. The first-order valence-electron chi connectivity index (χ1n) is 8.91. The number of nitrogen functional groups attached to an aromatic ring is 1. The lowest BCUT2D eigenvalue weighted by Gasteiger charge is -2.07. The third-order valence-corrected chi connectivity index (χ3v) is 4.48. The van der Waals surface area contributed by atoms with E-state index in [1.54, 1.807) is 42.5 Å². The molecular formula is C22H17F2N3O2. The molecule has 0 fully saturated rings. The average molecular weight is 393 g/mol. The van der Waals surface area contributed by atoms with Crippen LogP contribution in [0, 0.1) is 11.6 Å². The molecule has 4 rings (SSSR count). The number of aromatic nitrogens is 2. The number of carbonyl (C=O) groups is 1. The molecular weight excluding hydrogens is 376 g/mol. The monoisotopic (exact) mass is 393 g/mol. The number of fused-ring (bicyclic) bond motifs is 1. The Morgan fingerprint density at radius 1 is 1.03 bits per heavy atom. The van der Waals surface area contributed by atoms with Gasteiger partial charge in [-0.3, -0.25) is 9.89 Å². The number of halogens is 2. The molecule has 0 saturated carbocycles. The van der Waals surface area contributed by atoms with Crippen LogP contribution >= 0.6 is 0 Å². The van der Waals surface area contributed by atoms with Crippen molar-refractivity contribution in [3.63, 3.8) is 0 Å². The van der Waals surface area contributed by atoms with E-state index in [4.69, 9.17) is 10.5 Å². The Kier molecular flexibility index (Phi) is 4.95. The van der Waals surface area contributed by atoms with E-state index in [9.17, 15) is 13.6 Å². The van der Waals surface area contributed by atoms with Gasteiger partial charge in [-0.1, -0.05) is 12.1 Å². The van der Waals surface area contributed by atoms with Gasteiger partial charge in [-0.25, -0.2) is 8.78 Å². The molecule has 0 bridgehead atoms. The van der Waals surface area contributed by atoms with E-state index < -0.39 is 11.6 Å². The Hall–Kier alpha value is -3.74. The highest BCUT2D eigenvalue weighted by molar-refractivity contribution is 6.00. The van der Waals surface area contributed by atoms with Gasteiger partial charge >= 0.3 is 0 Å². The molecule has 0 amide bonds. The molecule has 4 aromatic rings. The molecule has 146 valence electrons. The largest absolute Gasteiger partial charge is 0.489 e. The predicted molar refractivity (Wildman–Crippen MR) is 106 cm³/mol. The Morgan fingerprint density at radius 3 is 2.59 bits per heavy atom. The molecule has 0 aliphatic rings. The van der Waals surface area contributed by atoms with Crippen LogP contribution in [0.3, 0.4) is 0 Å². The minimum Gasteiger partial charge on any atom is -0.489 e. The van der Waals surface area contributed by atoms with Crippen molar-refractivity contribution < 1.29 is 18.3 Å². The molecule has 5 nitrogen and oxygen atoms in total. The molecule has 1 heterocycles. The molecule has 1 aromatic heterocycles. The van der Waals surface area contributed by atoms with Gasteiger partial charge in [-0.15, -0.1) is 0 Å². The van der Waals surface area contributed by atoms with Crippen LogP contribution in [0.4, 0.5) is 14.5 Å². The van der Waals surface area contributed by atoms with E-state index in [0.717, 1.165) is 11.5 Å². The molecule has 29 heavy (non-hydrogen) atoms. The van der Waals surface area contributed by atoms with Crippen molar-refractivity contribution in [3.8, 4) is 5.75 Å². The van der Waals surface area contributed by atoms with Crippen LogP contribution in [0.25, 0.3) is 10.9 Å². The second kappa shape index (κ2) is 7.71. The zero-order chi connectivity index (χ0) is 20.4. The molecule has 0 radical (unpaired) electrons. The van der Waals surface area contributed by atoms with Crippen LogP contribution in [0.1, 0.15) is 21.6 Å². The number of rotatable bonds is 6. The predicted octanol–water partition coefficient (Wildman–Crippen LogP) is 4.43. The molecule has 0 unspecified atom stereocenters. The zero-order valence-corrected chi connectivity index (χ0v) is 15.3. The van der Waals surface area contributed by atoms with Crippen LogP contribution in [0.15, 0.2) is 60.7 Å². The number of benzene rings is 3. The maximum atomic E-state index is 13.3. The van der Waals surface area contributed by atoms with Gasteiger partial charge in [-0.05, 0) is 48.0 Å². The van der Waals surface area contributed by atoms with E-state index in [1.165, 1.54) is 12.1 Å². The first kappa shape index (κ1) is 18.6. The number of aromatic amines is 1.